The summed E-state index contributed by atoms with van der Waals surface area (Å²) in [5.74, 6) is 0. The summed E-state index contributed by atoms with van der Waals surface area (Å²) < 4.78 is 4.48. The van der Waals surface area contributed by atoms with Gasteiger partial charge < -0.3 is 4.74 Å². The van der Waals surface area contributed by atoms with Gasteiger partial charge >= 0.3 is 6.09 Å². The molecule has 0 radical (unpaired) electrons. The summed E-state index contributed by atoms with van der Waals surface area (Å²) in [4.78, 5) is 10.9. The van der Waals surface area contributed by atoms with Crippen LogP contribution in [0.1, 0.15) is 5.56 Å². The SMILES string of the molecule is CNNCc1ccc(NC(=O)OC)cc1.Cl. The highest BCUT2D eigenvalue weighted by molar-refractivity contribution is 5.85. The van der Waals surface area contributed by atoms with Crippen LogP contribution in [0.4, 0.5) is 10.5 Å². The van der Waals surface area contributed by atoms with Crippen molar-refractivity contribution in [2.24, 2.45) is 0 Å². The Balaban J connectivity index is 0.00000225. The minimum absolute atomic E-state index is 0. The van der Waals surface area contributed by atoms with Crippen molar-refractivity contribution in [1.82, 2.24) is 10.9 Å². The molecule has 0 aliphatic rings. The number of nitrogens with one attached hydrogen (secondary N) is 3. The van der Waals surface area contributed by atoms with E-state index < -0.39 is 6.09 Å². The van der Waals surface area contributed by atoms with E-state index in [-0.39, 0.29) is 12.4 Å². The van der Waals surface area contributed by atoms with Crippen molar-refractivity contribution in [2.45, 2.75) is 6.54 Å². The Labute approximate surface area is 101 Å². The van der Waals surface area contributed by atoms with Crippen LogP contribution >= 0.6 is 12.4 Å². The van der Waals surface area contributed by atoms with Gasteiger partial charge in [0.25, 0.3) is 0 Å². The maximum atomic E-state index is 10.9. The predicted molar refractivity (Wildman–Crippen MR) is 65.6 cm³/mol. The lowest BCUT2D eigenvalue weighted by atomic mass is 10.2. The molecular formula is C10H16ClN3O2. The summed E-state index contributed by atoms with van der Waals surface area (Å²) in [5, 5.41) is 2.58. The molecule has 5 nitrogen and oxygen atoms in total. The number of hydrazine groups is 1. The monoisotopic (exact) mass is 245 g/mol. The van der Waals surface area contributed by atoms with Gasteiger partial charge in [0.15, 0.2) is 0 Å². The van der Waals surface area contributed by atoms with Gasteiger partial charge in [-0.2, -0.15) is 0 Å². The second kappa shape index (κ2) is 7.92. The first-order chi connectivity index (χ1) is 7.26. The van der Waals surface area contributed by atoms with Crippen molar-refractivity contribution in [3.63, 3.8) is 0 Å². The Hall–Kier alpha value is -1.30. The number of carbonyl (C=O) groups is 1. The van der Waals surface area contributed by atoms with Crippen molar-refractivity contribution in [1.29, 1.82) is 0 Å². The predicted octanol–water partition coefficient (Wildman–Crippen LogP) is 1.51. The standard InChI is InChI=1S/C10H15N3O2.ClH/c1-11-12-7-8-3-5-9(6-4-8)13-10(14)15-2;/h3-6,11-12H,7H2,1-2H3,(H,13,14);1H. The minimum Gasteiger partial charge on any atom is -0.453 e. The third-order valence-corrected chi connectivity index (χ3v) is 1.86. The second-order valence-electron chi connectivity index (χ2n) is 2.92. The van der Waals surface area contributed by atoms with Crippen LogP contribution in [0.3, 0.4) is 0 Å². The van der Waals surface area contributed by atoms with Crippen LogP contribution in [0.2, 0.25) is 0 Å². The second-order valence-corrected chi connectivity index (χ2v) is 2.92. The smallest absolute Gasteiger partial charge is 0.411 e. The molecule has 0 spiro atoms. The zero-order valence-corrected chi connectivity index (χ0v) is 10.1. The molecule has 0 fully saturated rings. The summed E-state index contributed by atoms with van der Waals surface area (Å²) in [7, 11) is 3.15. The lowest BCUT2D eigenvalue weighted by Gasteiger charge is -2.05. The molecule has 1 rings (SSSR count). The number of halogens is 1. The Morgan fingerprint density at radius 2 is 1.94 bits per heavy atom. The van der Waals surface area contributed by atoms with Gasteiger partial charge in [0, 0.05) is 12.2 Å². The van der Waals surface area contributed by atoms with Crippen LogP contribution in [-0.4, -0.2) is 20.3 Å². The van der Waals surface area contributed by atoms with E-state index in [1.165, 1.54) is 7.11 Å². The molecule has 3 N–H and O–H groups in total. The molecule has 1 aromatic rings. The first-order valence-electron chi connectivity index (χ1n) is 4.59. The van der Waals surface area contributed by atoms with Crippen molar-refractivity contribution in [3.05, 3.63) is 29.8 Å². The minimum atomic E-state index is -0.462. The van der Waals surface area contributed by atoms with Crippen LogP contribution in [0.5, 0.6) is 0 Å². The fourth-order valence-corrected chi connectivity index (χ4v) is 1.07. The molecule has 0 aromatic heterocycles. The van der Waals surface area contributed by atoms with Gasteiger partial charge in [0.2, 0.25) is 0 Å². The first kappa shape index (κ1) is 14.7. The maximum absolute atomic E-state index is 10.9. The number of methoxy groups -OCH3 is 1. The van der Waals surface area contributed by atoms with E-state index in [2.05, 4.69) is 20.9 Å². The molecule has 16 heavy (non-hydrogen) atoms. The summed E-state index contributed by atoms with van der Waals surface area (Å²) in [6.07, 6.45) is -0.462. The van der Waals surface area contributed by atoms with Gasteiger partial charge in [0.05, 0.1) is 7.11 Å². The van der Waals surface area contributed by atoms with Gasteiger partial charge in [-0.05, 0) is 24.7 Å². The Bertz CT molecular complexity index is 316. The van der Waals surface area contributed by atoms with E-state index in [0.717, 1.165) is 17.8 Å². The van der Waals surface area contributed by atoms with E-state index in [9.17, 15) is 4.79 Å². The zero-order chi connectivity index (χ0) is 11.1. The summed E-state index contributed by atoms with van der Waals surface area (Å²) >= 11 is 0. The summed E-state index contributed by atoms with van der Waals surface area (Å²) in [5.41, 5.74) is 7.65. The van der Waals surface area contributed by atoms with E-state index in [0.29, 0.717) is 0 Å². The lowest BCUT2D eigenvalue weighted by molar-refractivity contribution is 0.187. The van der Waals surface area contributed by atoms with Gasteiger partial charge in [-0.1, -0.05) is 12.1 Å². The van der Waals surface area contributed by atoms with E-state index in [4.69, 9.17) is 0 Å². The zero-order valence-electron chi connectivity index (χ0n) is 9.24. The molecule has 0 aliphatic heterocycles. The highest BCUT2D eigenvalue weighted by Gasteiger charge is 1.99. The van der Waals surface area contributed by atoms with E-state index in [1.807, 2.05) is 31.3 Å². The van der Waals surface area contributed by atoms with Crippen molar-refractivity contribution in [2.75, 3.05) is 19.5 Å². The largest absolute Gasteiger partial charge is 0.453 e. The van der Waals surface area contributed by atoms with Gasteiger partial charge in [-0.25, -0.2) is 4.79 Å². The maximum Gasteiger partial charge on any atom is 0.411 e. The van der Waals surface area contributed by atoms with Crippen LogP contribution in [0.25, 0.3) is 0 Å². The fraction of sp³-hybridized carbons (Fsp3) is 0.300. The van der Waals surface area contributed by atoms with Crippen LogP contribution in [0, 0.1) is 0 Å². The highest BCUT2D eigenvalue weighted by Crippen LogP contribution is 2.09. The average Bonchev–Trinajstić information content (AvgIpc) is 2.28. The molecule has 0 unspecified atom stereocenters. The molecule has 0 bridgehead atoms. The molecule has 1 aromatic carbocycles. The summed E-state index contributed by atoms with van der Waals surface area (Å²) in [6, 6.07) is 7.50. The van der Waals surface area contributed by atoms with Gasteiger partial charge in [0.1, 0.15) is 0 Å². The normalized spacial score (nSPS) is 9.12. The Kier molecular flexibility index (Phi) is 7.28. The number of benzene rings is 1. The number of carbonyl (C=O) groups excluding carboxylic acids is 1. The van der Waals surface area contributed by atoms with Crippen molar-refractivity contribution in [3.8, 4) is 0 Å². The van der Waals surface area contributed by atoms with Gasteiger partial charge in [-0.3, -0.25) is 16.2 Å². The third kappa shape index (κ3) is 4.97. The number of amides is 1. The molecule has 90 valence electrons. The molecule has 0 atom stereocenters. The van der Waals surface area contributed by atoms with Crippen molar-refractivity contribution >= 4 is 24.2 Å². The molecule has 0 heterocycles. The third-order valence-electron chi connectivity index (χ3n) is 1.86. The molecule has 0 saturated carbocycles. The fourth-order valence-electron chi connectivity index (χ4n) is 1.07. The topological polar surface area (TPSA) is 62.4 Å². The molecule has 1 amide bonds. The van der Waals surface area contributed by atoms with Gasteiger partial charge in [-0.15, -0.1) is 12.4 Å². The Morgan fingerprint density at radius 3 is 2.44 bits per heavy atom. The van der Waals surface area contributed by atoms with E-state index in [1.54, 1.807) is 0 Å². The summed E-state index contributed by atoms with van der Waals surface area (Å²) in [6.45, 7) is 0.731. The average molecular weight is 246 g/mol. The number of hydrogen-bond donors (Lipinski definition) is 3. The van der Waals surface area contributed by atoms with Crippen LogP contribution in [-0.2, 0) is 11.3 Å². The van der Waals surface area contributed by atoms with Crippen molar-refractivity contribution < 1.29 is 9.53 Å². The quantitative estimate of drug-likeness (QED) is 0.704. The molecule has 6 heteroatoms. The Morgan fingerprint density at radius 1 is 1.31 bits per heavy atom. The lowest BCUT2D eigenvalue weighted by Crippen LogP contribution is -2.26. The molecular weight excluding hydrogens is 230 g/mol. The van der Waals surface area contributed by atoms with E-state index >= 15 is 0 Å². The molecule has 0 aliphatic carbocycles. The number of ether oxygens (including phenoxy) is 1. The van der Waals surface area contributed by atoms with Crippen LogP contribution in [0.15, 0.2) is 24.3 Å². The number of anilines is 1. The highest BCUT2D eigenvalue weighted by atomic mass is 35.5. The number of hydrogen-bond acceptors (Lipinski definition) is 4. The first-order valence-corrected chi connectivity index (χ1v) is 4.59. The number of rotatable bonds is 4. The molecule has 0 saturated heterocycles. The van der Waals surface area contributed by atoms with Crippen LogP contribution < -0.4 is 16.2 Å².